The lowest BCUT2D eigenvalue weighted by molar-refractivity contribution is 0.102. The van der Waals surface area contributed by atoms with Crippen molar-refractivity contribution in [2.45, 2.75) is 0 Å². The van der Waals surface area contributed by atoms with Gasteiger partial charge in [-0.25, -0.2) is 18.2 Å². The summed E-state index contributed by atoms with van der Waals surface area (Å²) in [6, 6.07) is 1.88. The van der Waals surface area contributed by atoms with E-state index in [0.29, 0.717) is 10.5 Å². The number of benzene rings is 1. The second-order valence-corrected chi connectivity index (χ2v) is 5.31. The second-order valence-electron chi connectivity index (χ2n) is 4.40. The molecule has 0 aliphatic heterocycles. The van der Waals surface area contributed by atoms with Gasteiger partial charge in [0.1, 0.15) is 17.2 Å². The smallest absolute Gasteiger partial charge is 0.217 e. The number of nitrogen functional groups attached to an aromatic ring is 1. The van der Waals surface area contributed by atoms with E-state index in [1.165, 1.54) is 12.3 Å². The van der Waals surface area contributed by atoms with Gasteiger partial charge in [0.15, 0.2) is 17.3 Å². The number of carbonyl (C=O) groups is 1. The van der Waals surface area contributed by atoms with Crippen LogP contribution < -0.4 is 5.73 Å². The van der Waals surface area contributed by atoms with Crippen molar-refractivity contribution in [2.75, 3.05) is 5.73 Å². The zero-order valence-corrected chi connectivity index (χ0v) is 12.2. The van der Waals surface area contributed by atoms with Crippen LogP contribution in [0, 0.1) is 17.5 Å². The Balaban J connectivity index is 2.23. The van der Waals surface area contributed by atoms with Crippen molar-refractivity contribution >= 4 is 38.4 Å². The normalized spacial score (nSPS) is 11.1. The van der Waals surface area contributed by atoms with Crippen LogP contribution in [0.25, 0.3) is 11.0 Å². The largest absolute Gasteiger partial charge is 0.394 e. The maximum atomic E-state index is 14.0. The van der Waals surface area contributed by atoms with Gasteiger partial charge in [-0.05, 0) is 22.0 Å². The number of ketones is 1. The molecule has 0 radical (unpaired) electrons. The lowest BCUT2D eigenvalue weighted by atomic mass is 10.0. The van der Waals surface area contributed by atoms with Crippen LogP contribution in [0.1, 0.15) is 16.1 Å². The van der Waals surface area contributed by atoms with Crippen molar-refractivity contribution in [1.29, 1.82) is 0 Å². The number of nitrogens with one attached hydrogen (secondary N) is 1. The van der Waals surface area contributed by atoms with Crippen LogP contribution >= 0.6 is 15.9 Å². The zero-order chi connectivity index (χ0) is 16.0. The summed E-state index contributed by atoms with van der Waals surface area (Å²) in [4.78, 5) is 16.3. The molecule has 0 amide bonds. The van der Waals surface area contributed by atoms with Gasteiger partial charge in [0.2, 0.25) is 5.78 Å². The van der Waals surface area contributed by atoms with Gasteiger partial charge >= 0.3 is 0 Å². The first-order valence-corrected chi connectivity index (χ1v) is 6.66. The predicted octanol–water partition coefficient (Wildman–Crippen LogP) is 2.95. The van der Waals surface area contributed by atoms with Crippen LogP contribution in [0.2, 0.25) is 0 Å². The minimum Gasteiger partial charge on any atom is -0.394 e. The fourth-order valence-electron chi connectivity index (χ4n) is 1.99. The van der Waals surface area contributed by atoms with E-state index in [9.17, 15) is 18.0 Å². The summed E-state index contributed by atoms with van der Waals surface area (Å²) >= 11 is 3.17. The van der Waals surface area contributed by atoms with E-state index < -0.39 is 34.5 Å². The van der Waals surface area contributed by atoms with E-state index in [4.69, 9.17) is 5.73 Å². The molecule has 9 heteroatoms. The molecule has 3 rings (SSSR count). The Morgan fingerprint density at radius 1 is 1.23 bits per heavy atom. The second kappa shape index (κ2) is 5.09. The summed E-state index contributed by atoms with van der Waals surface area (Å²) in [5.41, 5.74) is 3.31. The molecule has 0 fully saturated rings. The number of halogens is 4. The molecule has 5 nitrogen and oxygen atoms in total. The highest BCUT2D eigenvalue weighted by molar-refractivity contribution is 9.10. The lowest BCUT2D eigenvalue weighted by Crippen LogP contribution is -2.12. The van der Waals surface area contributed by atoms with Crippen molar-refractivity contribution in [3.05, 3.63) is 51.5 Å². The number of carbonyl (C=O) groups excluding carboxylic acids is 1. The Morgan fingerprint density at radius 3 is 2.68 bits per heavy atom. The van der Waals surface area contributed by atoms with E-state index in [0.717, 1.165) is 0 Å². The van der Waals surface area contributed by atoms with Crippen LogP contribution in [-0.2, 0) is 0 Å². The molecule has 0 saturated carbocycles. The average molecular weight is 371 g/mol. The summed E-state index contributed by atoms with van der Waals surface area (Å²) in [5, 5.41) is 6.42. The third kappa shape index (κ3) is 2.13. The molecule has 3 N–H and O–H groups in total. The molecule has 2 heterocycles. The Bertz CT molecular complexity index is 925. The molecule has 0 atom stereocenters. The highest BCUT2D eigenvalue weighted by Gasteiger charge is 2.26. The molecule has 0 aliphatic carbocycles. The van der Waals surface area contributed by atoms with Crippen LogP contribution in [0.5, 0.6) is 0 Å². The minimum absolute atomic E-state index is 0.174. The Hall–Kier alpha value is -2.42. The van der Waals surface area contributed by atoms with Crippen molar-refractivity contribution in [1.82, 2.24) is 15.2 Å². The molecule has 0 bridgehead atoms. The molecule has 3 aromatic rings. The highest BCUT2D eigenvalue weighted by Crippen LogP contribution is 2.27. The van der Waals surface area contributed by atoms with Gasteiger partial charge in [0, 0.05) is 16.7 Å². The fraction of sp³-hybridized carbons (Fsp3) is 0. The maximum Gasteiger partial charge on any atom is 0.217 e. The number of rotatable bonds is 2. The monoisotopic (exact) mass is 370 g/mol. The van der Waals surface area contributed by atoms with Crippen molar-refractivity contribution in [2.24, 2.45) is 0 Å². The first-order chi connectivity index (χ1) is 10.4. The zero-order valence-electron chi connectivity index (χ0n) is 10.6. The van der Waals surface area contributed by atoms with E-state index in [1.54, 1.807) is 0 Å². The first-order valence-electron chi connectivity index (χ1n) is 5.87. The first kappa shape index (κ1) is 14.5. The van der Waals surface area contributed by atoms with Gasteiger partial charge in [0.05, 0.1) is 10.9 Å². The molecular weight excluding hydrogens is 365 g/mol. The molecule has 1 aromatic carbocycles. The fourth-order valence-corrected chi connectivity index (χ4v) is 2.32. The maximum absolute atomic E-state index is 14.0. The third-order valence-electron chi connectivity index (χ3n) is 3.04. The van der Waals surface area contributed by atoms with Gasteiger partial charge in [-0.3, -0.25) is 9.89 Å². The highest BCUT2D eigenvalue weighted by atomic mass is 79.9. The van der Waals surface area contributed by atoms with Gasteiger partial charge in [-0.1, -0.05) is 0 Å². The SMILES string of the molecule is Nc1c(F)cc(F)c(C(=O)c2[nH]nc3ncc(Br)cc23)c1F. The number of fused-ring (bicyclic) bond motifs is 1. The third-order valence-corrected chi connectivity index (χ3v) is 3.47. The Kier molecular flexibility index (Phi) is 3.36. The van der Waals surface area contributed by atoms with Gasteiger partial charge in [0.25, 0.3) is 0 Å². The number of aromatic nitrogens is 3. The average Bonchev–Trinajstić information content (AvgIpc) is 2.87. The van der Waals surface area contributed by atoms with Crippen LogP contribution in [0.3, 0.4) is 0 Å². The van der Waals surface area contributed by atoms with E-state index in [1.807, 2.05) is 0 Å². The molecular formula is C13H6BrF3N4O. The van der Waals surface area contributed by atoms with Crippen LogP contribution in [-0.4, -0.2) is 21.0 Å². The quantitative estimate of drug-likeness (QED) is 0.536. The standard InChI is InChI=1S/C13H6BrF3N4O/c14-4-1-5-11(20-21-13(5)19-3-4)12(22)8-6(15)2-7(16)10(18)9(8)17/h1-3H,18H2,(H,19,20,21). The van der Waals surface area contributed by atoms with E-state index >= 15 is 0 Å². The number of aromatic amines is 1. The Morgan fingerprint density at radius 2 is 1.95 bits per heavy atom. The summed E-state index contributed by atoms with van der Waals surface area (Å²) in [6.07, 6.45) is 1.45. The van der Waals surface area contributed by atoms with Crippen LogP contribution in [0.15, 0.2) is 22.8 Å². The Labute approximate surface area is 129 Å². The minimum atomic E-state index is -1.45. The van der Waals surface area contributed by atoms with Gasteiger partial charge in [-0.15, -0.1) is 0 Å². The molecule has 0 spiro atoms. The summed E-state index contributed by atoms with van der Waals surface area (Å²) in [5.74, 6) is -5.11. The summed E-state index contributed by atoms with van der Waals surface area (Å²) in [6.45, 7) is 0. The van der Waals surface area contributed by atoms with E-state index in [2.05, 4.69) is 31.1 Å². The van der Waals surface area contributed by atoms with Crippen molar-refractivity contribution in [3.8, 4) is 0 Å². The van der Waals surface area contributed by atoms with Crippen molar-refractivity contribution < 1.29 is 18.0 Å². The number of pyridine rings is 1. The molecule has 0 unspecified atom stereocenters. The predicted molar refractivity (Wildman–Crippen MR) is 75.7 cm³/mol. The number of hydrogen-bond acceptors (Lipinski definition) is 4. The summed E-state index contributed by atoms with van der Waals surface area (Å²) < 4.78 is 41.5. The number of H-pyrrole nitrogens is 1. The molecule has 2 aromatic heterocycles. The van der Waals surface area contributed by atoms with E-state index in [-0.39, 0.29) is 16.7 Å². The summed E-state index contributed by atoms with van der Waals surface area (Å²) in [7, 11) is 0. The molecule has 0 saturated heterocycles. The van der Waals surface area contributed by atoms with Gasteiger partial charge < -0.3 is 5.73 Å². The van der Waals surface area contributed by atoms with Crippen LogP contribution in [0.4, 0.5) is 18.9 Å². The molecule has 0 aliphatic rings. The number of nitrogens with zero attached hydrogens (tertiary/aromatic N) is 2. The van der Waals surface area contributed by atoms with Crippen molar-refractivity contribution in [3.63, 3.8) is 0 Å². The molecule has 22 heavy (non-hydrogen) atoms. The lowest BCUT2D eigenvalue weighted by Gasteiger charge is -2.06. The molecule has 112 valence electrons. The topological polar surface area (TPSA) is 84.7 Å². The number of nitrogens with two attached hydrogens (primary N) is 1. The number of anilines is 1. The number of hydrogen-bond donors (Lipinski definition) is 2. The van der Waals surface area contributed by atoms with Gasteiger partial charge in [-0.2, -0.15) is 5.10 Å².